The Morgan fingerprint density at radius 2 is 1.83 bits per heavy atom. The van der Waals surface area contributed by atoms with Crippen LogP contribution in [0.15, 0.2) is 35.1 Å². The average Bonchev–Trinajstić information content (AvgIpc) is 3.36. The third kappa shape index (κ3) is 5.61. The minimum Gasteiger partial charge on any atom is -0.361 e. The molecule has 2 amide bonds. The SMILES string of the molecule is Cc1noc(C)c1-c1ccc(NC(=O)C(NC(=O)c2ccnn2C(C)C)C2CCCCCC2)nc1. The number of aryl methyl sites for hydroxylation is 2. The maximum Gasteiger partial charge on any atom is 0.270 e. The summed E-state index contributed by atoms with van der Waals surface area (Å²) < 4.78 is 6.92. The van der Waals surface area contributed by atoms with Gasteiger partial charge in [0.1, 0.15) is 23.3 Å². The number of anilines is 1. The largest absolute Gasteiger partial charge is 0.361 e. The zero-order valence-corrected chi connectivity index (χ0v) is 20.9. The summed E-state index contributed by atoms with van der Waals surface area (Å²) in [5, 5.41) is 14.2. The first-order valence-electron chi connectivity index (χ1n) is 12.4. The van der Waals surface area contributed by atoms with Crippen molar-refractivity contribution in [2.75, 3.05) is 5.32 Å². The number of nitrogens with one attached hydrogen (secondary N) is 2. The Bertz CT molecular complexity index is 1140. The lowest BCUT2D eigenvalue weighted by molar-refractivity contribution is -0.119. The smallest absolute Gasteiger partial charge is 0.270 e. The number of rotatable bonds is 7. The summed E-state index contributed by atoms with van der Waals surface area (Å²) in [6.07, 6.45) is 9.54. The quantitative estimate of drug-likeness (QED) is 0.470. The van der Waals surface area contributed by atoms with Crippen molar-refractivity contribution in [2.24, 2.45) is 5.92 Å². The predicted molar refractivity (Wildman–Crippen MR) is 133 cm³/mol. The highest BCUT2D eigenvalue weighted by Gasteiger charge is 2.32. The van der Waals surface area contributed by atoms with Crippen LogP contribution in [0.2, 0.25) is 0 Å². The molecule has 3 aromatic rings. The molecule has 0 spiro atoms. The molecule has 186 valence electrons. The van der Waals surface area contributed by atoms with Gasteiger partial charge in [0.15, 0.2) is 0 Å². The Balaban J connectivity index is 1.53. The molecule has 0 saturated heterocycles. The number of nitrogens with zero attached hydrogens (tertiary/aromatic N) is 4. The molecule has 0 radical (unpaired) electrons. The second-order valence-corrected chi connectivity index (χ2v) is 9.58. The van der Waals surface area contributed by atoms with Crippen molar-refractivity contribution in [3.8, 4) is 11.1 Å². The van der Waals surface area contributed by atoms with E-state index in [1.165, 1.54) is 0 Å². The Labute approximate surface area is 205 Å². The number of carbonyl (C=O) groups excluding carboxylic acids is 2. The lowest BCUT2D eigenvalue weighted by Gasteiger charge is -2.26. The number of hydrogen-bond donors (Lipinski definition) is 2. The molecule has 0 aliphatic heterocycles. The fourth-order valence-electron chi connectivity index (χ4n) is 4.88. The molecule has 3 aromatic heterocycles. The van der Waals surface area contributed by atoms with Crippen molar-refractivity contribution in [3.05, 3.63) is 47.7 Å². The van der Waals surface area contributed by atoms with Gasteiger partial charge in [-0.1, -0.05) is 30.8 Å². The van der Waals surface area contributed by atoms with Crippen LogP contribution in [0.5, 0.6) is 0 Å². The first-order valence-corrected chi connectivity index (χ1v) is 12.4. The van der Waals surface area contributed by atoms with Gasteiger partial charge in [-0.25, -0.2) is 4.98 Å². The summed E-state index contributed by atoms with van der Waals surface area (Å²) >= 11 is 0. The zero-order valence-electron chi connectivity index (χ0n) is 20.9. The first kappa shape index (κ1) is 24.6. The summed E-state index contributed by atoms with van der Waals surface area (Å²) in [6.45, 7) is 7.68. The van der Waals surface area contributed by atoms with Crippen molar-refractivity contribution < 1.29 is 14.1 Å². The molecule has 0 aromatic carbocycles. The Morgan fingerprint density at radius 1 is 1.09 bits per heavy atom. The van der Waals surface area contributed by atoms with Gasteiger partial charge in [0.2, 0.25) is 5.91 Å². The number of hydrogen-bond acceptors (Lipinski definition) is 6. The van der Waals surface area contributed by atoms with Gasteiger partial charge in [0.05, 0.1) is 5.69 Å². The van der Waals surface area contributed by atoms with Crippen molar-refractivity contribution >= 4 is 17.6 Å². The van der Waals surface area contributed by atoms with Crippen LogP contribution in [-0.2, 0) is 4.79 Å². The summed E-state index contributed by atoms with van der Waals surface area (Å²) in [6, 6.07) is 4.72. The van der Waals surface area contributed by atoms with E-state index in [-0.39, 0.29) is 23.8 Å². The molecular formula is C26H34N6O3. The van der Waals surface area contributed by atoms with Crippen molar-refractivity contribution in [3.63, 3.8) is 0 Å². The van der Waals surface area contributed by atoms with Gasteiger partial charge in [-0.3, -0.25) is 14.3 Å². The van der Waals surface area contributed by atoms with Crippen LogP contribution in [0.1, 0.15) is 80.4 Å². The summed E-state index contributed by atoms with van der Waals surface area (Å²) in [7, 11) is 0. The third-order valence-corrected chi connectivity index (χ3v) is 6.67. The van der Waals surface area contributed by atoms with Gasteiger partial charge < -0.3 is 15.2 Å². The van der Waals surface area contributed by atoms with Crippen LogP contribution in [0.4, 0.5) is 5.82 Å². The molecule has 9 nitrogen and oxygen atoms in total. The molecule has 9 heteroatoms. The number of amides is 2. The van der Waals surface area contributed by atoms with Gasteiger partial charge in [-0.05, 0) is 64.7 Å². The minimum atomic E-state index is -0.653. The van der Waals surface area contributed by atoms with Gasteiger partial charge in [0.25, 0.3) is 5.91 Å². The Hall–Kier alpha value is -3.49. The van der Waals surface area contributed by atoms with Gasteiger partial charge in [-0.2, -0.15) is 5.10 Å². The van der Waals surface area contributed by atoms with Crippen LogP contribution in [0, 0.1) is 19.8 Å². The molecule has 1 fully saturated rings. The molecule has 3 heterocycles. The van der Waals surface area contributed by atoms with E-state index in [0.717, 1.165) is 61.1 Å². The molecule has 1 unspecified atom stereocenters. The molecule has 4 rings (SSSR count). The number of aromatic nitrogens is 4. The molecule has 0 bridgehead atoms. The first-order chi connectivity index (χ1) is 16.8. The second-order valence-electron chi connectivity index (χ2n) is 9.58. The molecule has 1 saturated carbocycles. The highest BCUT2D eigenvalue weighted by molar-refractivity contribution is 6.00. The molecule has 2 N–H and O–H groups in total. The highest BCUT2D eigenvalue weighted by atomic mass is 16.5. The van der Waals surface area contributed by atoms with Crippen LogP contribution < -0.4 is 10.6 Å². The van der Waals surface area contributed by atoms with E-state index in [0.29, 0.717) is 11.5 Å². The lowest BCUT2D eigenvalue weighted by Crippen LogP contribution is -2.49. The van der Waals surface area contributed by atoms with Crippen LogP contribution in [-0.4, -0.2) is 37.8 Å². The van der Waals surface area contributed by atoms with Crippen molar-refractivity contribution in [2.45, 2.75) is 78.3 Å². The van der Waals surface area contributed by atoms with Crippen molar-refractivity contribution in [1.82, 2.24) is 25.2 Å². The fourth-order valence-corrected chi connectivity index (χ4v) is 4.88. The van der Waals surface area contributed by atoms with Gasteiger partial charge in [-0.15, -0.1) is 0 Å². The summed E-state index contributed by atoms with van der Waals surface area (Å²) in [4.78, 5) is 31.1. The maximum atomic E-state index is 13.5. The molecule has 1 aliphatic carbocycles. The van der Waals surface area contributed by atoms with Crippen LogP contribution in [0.25, 0.3) is 11.1 Å². The average molecular weight is 479 g/mol. The molecular weight excluding hydrogens is 444 g/mol. The van der Waals surface area contributed by atoms with E-state index < -0.39 is 6.04 Å². The zero-order chi connectivity index (χ0) is 24.9. The highest BCUT2D eigenvalue weighted by Crippen LogP contribution is 2.28. The Morgan fingerprint density at radius 3 is 2.43 bits per heavy atom. The molecule has 35 heavy (non-hydrogen) atoms. The molecule has 1 atom stereocenters. The van der Waals surface area contributed by atoms with E-state index in [2.05, 4.69) is 25.9 Å². The van der Waals surface area contributed by atoms with E-state index in [1.54, 1.807) is 29.2 Å². The topological polar surface area (TPSA) is 115 Å². The predicted octanol–water partition coefficient (Wildman–Crippen LogP) is 4.84. The monoisotopic (exact) mass is 478 g/mol. The summed E-state index contributed by atoms with van der Waals surface area (Å²) in [5.74, 6) is 0.683. The van der Waals surface area contributed by atoms with Gasteiger partial charge in [0, 0.05) is 29.6 Å². The minimum absolute atomic E-state index is 0.0383. The van der Waals surface area contributed by atoms with E-state index >= 15 is 0 Å². The summed E-state index contributed by atoms with van der Waals surface area (Å²) in [5.41, 5.74) is 3.02. The molecule has 1 aliphatic rings. The number of carbonyl (C=O) groups is 2. The van der Waals surface area contributed by atoms with Crippen LogP contribution in [0.3, 0.4) is 0 Å². The second kappa shape index (κ2) is 10.8. The number of pyridine rings is 1. The van der Waals surface area contributed by atoms with E-state index in [9.17, 15) is 9.59 Å². The normalized spacial score (nSPS) is 15.6. The fraction of sp³-hybridized carbons (Fsp3) is 0.500. The van der Waals surface area contributed by atoms with E-state index in [4.69, 9.17) is 4.52 Å². The Kier molecular flexibility index (Phi) is 7.63. The van der Waals surface area contributed by atoms with Crippen LogP contribution >= 0.6 is 0 Å². The van der Waals surface area contributed by atoms with Crippen molar-refractivity contribution in [1.29, 1.82) is 0 Å². The lowest BCUT2D eigenvalue weighted by atomic mass is 9.91. The third-order valence-electron chi connectivity index (χ3n) is 6.67. The van der Waals surface area contributed by atoms with Gasteiger partial charge >= 0.3 is 0 Å². The standard InChI is InChI=1S/C26H34N6O3/c1-16(2)32-21(13-14-28-32)25(33)30-24(19-9-7-5-6-8-10-19)26(34)29-22-12-11-20(15-27-22)23-17(3)31-35-18(23)4/h11-16,19,24H,5-10H2,1-4H3,(H,30,33)(H,27,29,34). The maximum absolute atomic E-state index is 13.5. The van der Waals surface area contributed by atoms with E-state index in [1.807, 2.05) is 33.8 Å².